The number of nitrogens with zero attached hydrogens (tertiary/aromatic N) is 1. The number of thiazole rings is 1. The fraction of sp³-hybridized carbons (Fsp3) is 0. The van der Waals surface area contributed by atoms with Crippen molar-refractivity contribution in [2.45, 2.75) is 0 Å². The average molecular weight is 310 g/mol. The molecule has 1 heterocycles. The van der Waals surface area contributed by atoms with Gasteiger partial charge in [-0.15, -0.1) is 17.0 Å². The molecule has 0 spiro atoms. The first-order chi connectivity index (χ1) is 5.25. The molecule has 0 fully saturated rings. The molecule has 64 valence electrons. The van der Waals surface area contributed by atoms with Crippen molar-refractivity contribution >= 4 is 59.6 Å². The van der Waals surface area contributed by atoms with Crippen LogP contribution in [0.25, 0.3) is 10.2 Å². The van der Waals surface area contributed by atoms with Crippen LogP contribution in [0.1, 0.15) is 0 Å². The van der Waals surface area contributed by atoms with Crippen LogP contribution < -0.4 is 5.73 Å². The van der Waals surface area contributed by atoms with Gasteiger partial charge in [-0.2, -0.15) is 0 Å². The molecule has 0 radical (unpaired) electrons. The Hall–Kier alpha value is -0.130. The number of nitrogens with two attached hydrogens (primary N) is 1. The molecule has 0 atom stereocenters. The molecule has 0 saturated heterocycles. The van der Waals surface area contributed by atoms with E-state index in [2.05, 4.69) is 20.9 Å². The summed E-state index contributed by atoms with van der Waals surface area (Å²) in [5.41, 5.74) is 6.50. The summed E-state index contributed by atoms with van der Waals surface area (Å²) >= 11 is 4.88. The molecular formula is C7H6Br2N2S. The molecule has 0 amide bonds. The summed E-state index contributed by atoms with van der Waals surface area (Å²) in [6, 6.07) is 5.93. The highest BCUT2D eigenvalue weighted by molar-refractivity contribution is 9.10. The quantitative estimate of drug-likeness (QED) is 0.811. The Labute approximate surface area is 92.7 Å². The van der Waals surface area contributed by atoms with E-state index in [1.165, 1.54) is 11.3 Å². The Balaban J connectivity index is 0.000000720. The standard InChI is InChI=1S/C7H5BrN2S.BrH/c8-4-1-2-5-6(3-4)11-7(9)10-5;/h1-3H,(H2,9,10);1H. The maximum Gasteiger partial charge on any atom is 0.181 e. The Morgan fingerprint density at radius 3 is 2.92 bits per heavy atom. The van der Waals surface area contributed by atoms with Gasteiger partial charge < -0.3 is 5.73 Å². The fourth-order valence-electron chi connectivity index (χ4n) is 0.916. The van der Waals surface area contributed by atoms with Gasteiger partial charge in [0.05, 0.1) is 10.2 Å². The van der Waals surface area contributed by atoms with Crippen LogP contribution in [0.15, 0.2) is 22.7 Å². The van der Waals surface area contributed by atoms with Crippen molar-refractivity contribution in [3.63, 3.8) is 0 Å². The lowest BCUT2D eigenvalue weighted by atomic mass is 10.3. The Kier molecular flexibility index (Phi) is 3.09. The van der Waals surface area contributed by atoms with Crippen LogP contribution in [0.5, 0.6) is 0 Å². The topological polar surface area (TPSA) is 38.9 Å². The Morgan fingerprint density at radius 2 is 2.17 bits per heavy atom. The number of anilines is 1. The highest BCUT2D eigenvalue weighted by atomic mass is 79.9. The summed E-state index contributed by atoms with van der Waals surface area (Å²) in [4.78, 5) is 4.13. The van der Waals surface area contributed by atoms with Crippen LogP contribution in [0.2, 0.25) is 0 Å². The van der Waals surface area contributed by atoms with Gasteiger partial charge >= 0.3 is 0 Å². The molecule has 0 unspecified atom stereocenters. The third kappa shape index (κ3) is 1.78. The first-order valence-electron chi connectivity index (χ1n) is 3.07. The van der Waals surface area contributed by atoms with E-state index < -0.39 is 0 Å². The monoisotopic (exact) mass is 308 g/mol. The Bertz CT molecular complexity index is 399. The zero-order valence-electron chi connectivity index (χ0n) is 5.95. The van der Waals surface area contributed by atoms with E-state index >= 15 is 0 Å². The van der Waals surface area contributed by atoms with E-state index in [1.54, 1.807) is 0 Å². The summed E-state index contributed by atoms with van der Waals surface area (Å²) < 4.78 is 2.19. The largest absolute Gasteiger partial charge is 0.375 e. The minimum atomic E-state index is 0. The van der Waals surface area contributed by atoms with Gasteiger partial charge in [-0.3, -0.25) is 0 Å². The predicted molar refractivity (Wildman–Crippen MR) is 62.1 cm³/mol. The average Bonchev–Trinajstić information content (AvgIpc) is 2.27. The highest BCUT2D eigenvalue weighted by Gasteiger charge is 1.99. The molecule has 0 aliphatic rings. The number of rotatable bonds is 0. The van der Waals surface area contributed by atoms with Gasteiger partial charge in [0.25, 0.3) is 0 Å². The third-order valence-corrected chi connectivity index (χ3v) is 2.71. The zero-order chi connectivity index (χ0) is 7.84. The molecule has 2 aromatic rings. The predicted octanol–water partition coefficient (Wildman–Crippen LogP) is 3.22. The van der Waals surface area contributed by atoms with Gasteiger partial charge in [0.15, 0.2) is 5.13 Å². The minimum Gasteiger partial charge on any atom is -0.375 e. The number of halogens is 2. The summed E-state index contributed by atoms with van der Waals surface area (Å²) in [5.74, 6) is 0. The number of nitrogen functional groups attached to an aromatic ring is 1. The number of fused-ring (bicyclic) bond motifs is 1. The molecule has 1 aromatic carbocycles. The normalized spacial score (nSPS) is 9.75. The molecular weight excluding hydrogens is 304 g/mol. The maximum atomic E-state index is 5.53. The second kappa shape index (κ2) is 3.72. The van der Waals surface area contributed by atoms with Crippen LogP contribution in [0.3, 0.4) is 0 Å². The zero-order valence-corrected chi connectivity index (χ0v) is 10.1. The maximum absolute atomic E-state index is 5.53. The molecule has 5 heteroatoms. The SMILES string of the molecule is Br.Nc1nc2ccc(Br)cc2s1. The molecule has 0 aliphatic heterocycles. The Morgan fingerprint density at radius 1 is 1.42 bits per heavy atom. The van der Waals surface area contributed by atoms with Gasteiger partial charge in [-0.25, -0.2) is 4.98 Å². The third-order valence-electron chi connectivity index (χ3n) is 1.37. The summed E-state index contributed by atoms with van der Waals surface area (Å²) in [6.45, 7) is 0. The van der Waals surface area contributed by atoms with E-state index in [1.807, 2.05) is 18.2 Å². The van der Waals surface area contributed by atoms with Crippen LogP contribution >= 0.6 is 44.2 Å². The second-order valence-electron chi connectivity index (χ2n) is 2.16. The second-order valence-corrected chi connectivity index (χ2v) is 4.14. The van der Waals surface area contributed by atoms with E-state index in [0.29, 0.717) is 5.13 Å². The molecule has 2 nitrogen and oxygen atoms in total. The van der Waals surface area contributed by atoms with Gasteiger partial charge in [0.2, 0.25) is 0 Å². The van der Waals surface area contributed by atoms with Crippen molar-refractivity contribution in [1.29, 1.82) is 0 Å². The molecule has 12 heavy (non-hydrogen) atoms. The minimum absolute atomic E-state index is 0. The van der Waals surface area contributed by atoms with Crippen molar-refractivity contribution in [3.8, 4) is 0 Å². The van der Waals surface area contributed by atoms with Crippen LogP contribution in [0, 0.1) is 0 Å². The summed E-state index contributed by atoms with van der Waals surface area (Å²) in [6.07, 6.45) is 0. The van der Waals surface area contributed by atoms with Gasteiger partial charge in [0, 0.05) is 4.47 Å². The summed E-state index contributed by atoms with van der Waals surface area (Å²) in [5, 5.41) is 0.623. The van der Waals surface area contributed by atoms with Gasteiger partial charge in [0.1, 0.15) is 0 Å². The van der Waals surface area contributed by atoms with Crippen molar-refractivity contribution in [2.24, 2.45) is 0 Å². The first-order valence-corrected chi connectivity index (χ1v) is 4.68. The van der Waals surface area contributed by atoms with Crippen LogP contribution in [0.4, 0.5) is 5.13 Å². The van der Waals surface area contributed by atoms with Crippen molar-refractivity contribution < 1.29 is 0 Å². The molecule has 0 bridgehead atoms. The molecule has 1 aromatic heterocycles. The van der Waals surface area contributed by atoms with Crippen molar-refractivity contribution in [3.05, 3.63) is 22.7 Å². The van der Waals surface area contributed by atoms with E-state index in [0.717, 1.165) is 14.7 Å². The van der Waals surface area contributed by atoms with E-state index in [4.69, 9.17) is 5.73 Å². The van der Waals surface area contributed by atoms with Crippen molar-refractivity contribution in [2.75, 3.05) is 5.73 Å². The lowest BCUT2D eigenvalue weighted by molar-refractivity contribution is 1.49. The molecule has 0 saturated carbocycles. The lowest BCUT2D eigenvalue weighted by Crippen LogP contribution is -1.78. The highest BCUT2D eigenvalue weighted by Crippen LogP contribution is 2.26. The fourth-order valence-corrected chi connectivity index (χ4v) is 2.20. The number of benzene rings is 1. The van der Waals surface area contributed by atoms with Crippen LogP contribution in [-0.4, -0.2) is 4.98 Å². The number of hydrogen-bond acceptors (Lipinski definition) is 3. The van der Waals surface area contributed by atoms with Gasteiger partial charge in [-0.1, -0.05) is 27.3 Å². The molecule has 2 N–H and O–H groups in total. The van der Waals surface area contributed by atoms with E-state index in [9.17, 15) is 0 Å². The summed E-state index contributed by atoms with van der Waals surface area (Å²) in [7, 11) is 0. The molecule has 2 rings (SSSR count). The van der Waals surface area contributed by atoms with Crippen LogP contribution in [-0.2, 0) is 0 Å². The van der Waals surface area contributed by atoms with Crippen molar-refractivity contribution in [1.82, 2.24) is 4.98 Å². The first kappa shape index (κ1) is 9.95. The molecule has 0 aliphatic carbocycles. The van der Waals surface area contributed by atoms with E-state index in [-0.39, 0.29) is 17.0 Å². The smallest absolute Gasteiger partial charge is 0.181 e. The lowest BCUT2D eigenvalue weighted by Gasteiger charge is -1.86. The number of aromatic nitrogens is 1. The van der Waals surface area contributed by atoms with Gasteiger partial charge in [-0.05, 0) is 18.2 Å². The number of hydrogen-bond donors (Lipinski definition) is 1.